The zero-order valence-corrected chi connectivity index (χ0v) is 13.4. The summed E-state index contributed by atoms with van der Waals surface area (Å²) in [7, 11) is -3.41. The Morgan fingerprint density at radius 3 is 2.80 bits per heavy atom. The lowest BCUT2D eigenvalue weighted by molar-refractivity contribution is 0.250. The molecule has 0 saturated heterocycles. The molecule has 1 saturated carbocycles. The predicted octanol–water partition coefficient (Wildman–Crippen LogP) is 2.32. The van der Waals surface area contributed by atoms with Crippen molar-refractivity contribution in [3.63, 3.8) is 0 Å². The van der Waals surface area contributed by atoms with Gasteiger partial charge in [-0.05, 0) is 25.2 Å². The summed E-state index contributed by atoms with van der Waals surface area (Å²) in [6, 6.07) is 0. The molecule has 114 valence electrons. The van der Waals surface area contributed by atoms with E-state index in [-0.39, 0.29) is 4.90 Å². The van der Waals surface area contributed by atoms with E-state index in [0.717, 1.165) is 19.3 Å². The summed E-state index contributed by atoms with van der Waals surface area (Å²) in [5, 5.41) is 4.10. The molecule has 0 aliphatic heterocycles. The quantitative estimate of drug-likeness (QED) is 0.691. The minimum absolute atomic E-state index is 0.285. The SMILES string of the molecule is CCN(CC1CCC1)S(=O)(=O)c1cnn(CCCCl)c1. The van der Waals surface area contributed by atoms with Crippen molar-refractivity contribution in [1.29, 1.82) is 0 Å². The molecule has 20 heavy (non-hydrogen) atoms. The van der Waals surface area contributed by atoms with Crippen molar-refractivity contribution in [2.24, 2.45) is 5.92 Å². The molecular weight excluding hydrogens is 298 g/mol. The molecule has 5 nitrogen and oxygen atoms in total. The second kappa shape index (κ2) is 6.91. The molecule has 7 heteroatoms. The Morgan fingerprint density at radius 2 is 2.25 bits per heavy atom. The molecule has 0 N–H and O–H groups in total. The highest BCUT2D eigenvalue weighted by molar-refractivity contribution is 7.89. The molecule has 1 aliphatic carbocycles. The summed E-state index contributed by atoms with van der Waals surface area (Å²) in [5.41, 5.74) is 0. The van der Waals surface area contributed by atoms with Crippen LogP contribution < -0.4 is 0 Å². The third-order valence-electron chi connectivity index (χ3n) is 3.81. The fourth-order valence-electron chi connectivity index (χ4n) is 2.33. The number of aromatic nitrogens is 2. The lowest BCUT2D eigenvalue weighted by Gasteiger charge is -2.30. The van der Waals surface area contributed by atoms with Gasteiger partial charge in [0.15, 0.2) is 0 Å². The fraction of sp³-hybridized carbons (Fsp3) is 0.769. The van der Waals surface area contributed by atoms with Crippen molar-refractivity contribution in [2.45, 2.75) is 44.0 Å². The van der Waals surface area contributed by atoms with Crippen molar-refractivity contribution >= 4 is 21.6 Å². The molecule has 0 radical (unpaired) electrons. The maximum atomic E-state index is 12.6. The van der Waals surface area contributed by atoms with Crippen molar-refractivity contribution < 1.29 is 8.42 Å². The van der Waals surface area contributed by atoms with Crippen molar-refractivity contribution in [3.05, 3.63) is 12.4 Å². The molecule has 1 aromatic heterocycles. The van der Waals surface area contributed by atoms with Gasteiger partial charge in [0, 0.05) is 31.7 Å². The van der Waals surface area contributed by atoms with E-state index in [4.69, 9.17) is 11.6 Å². The van der Waals surface area contributed by atoms with Crippen LogP contribution >= 0.6 is 11.6 Å². The molecule has 1 heterocycles. The van der Waals surface area contributed by atoms with Gasteiger partial charge < -0.3 is 0 Å². The van der Waals surface area contributed by atoms with Gasteiger partial charge in [0.1, 0.15) is 4.90 Å². The molecule has 0 spiro atoms. The maximum absolute atomic E-state index is 12.6. The average molecular weight is 320 g/mol. The van der Waals surface area contributed by atoms with E-state index in [1.165, 1.54) is 12.6 Å². The van der Waals surface area contributed by atoms with Gasteiger partial charge in [-0.1, -0.05) is 13.3 Å². The van der Waals surface area contributed by atoms with Gasteiger partial charge in [-0.2, -0.15) is 9.40 Å². The number of halogens is 1. The number of hydrogen-bond donors (Lipinski definition) is 0. The van der Waals surface area contributed by atoms with E-state index in [9.17, 15) is 8.42 Å². The third kappa shape index (κ3) is 3.54. The zero-order chi connectivity index (χ0) is 14.6. The number of aryl methyl sites for hydroxylation is 1. The Balaban J connectivity index is 2.08. The maximum Gasteiger partial charge on any atom is 0.246 e. The molecular formula is C13H22ClN3O2S. The van der Waals surface area contributed by atoms with E-state index < -0.39 is 10.0 Å². The second-order valence-corrected chi connectivity index (χ2v) is 7.55. The van der Waals surface area contributed by atoms with E-state index in [2.05, 4.69) is 5.10 Å². The van der Waals surface area contributed by atoms with Crippen LogP contribution in [0.1, 0.15) is 32.6 Å². The monoisotopic (exact) mass is 319 g/mol. The highest BCUT2D eigenvalue weighted by Gasteiger charge is 2.29. The molecule has 0 unspecified atom stereocenters. The Hall–Kier alpha value is -0.590. The smallest absolute Gasteiger partial charge is 0.246 e. The number of sulfonamides is 1. The van der Waals surface area contributed by atoms with Gasteiger partial charge in [-0.25, -0.2) is 8.42 Å². The largest absolute Gasteiger partial charge is 0.271 e. The van der Waals surface area contributed by atoms with Gasteiger partial charge in [0.2, 0.25) is 10.0 Å². The Bertz CT molecular complexity index is 525. The second-order valence-electron chi connectivity index (χ2n) is 5.23. The van der Waals surface area contributed by atoms with Crippen LogP contribution in [-0.4, -0.2) is 41.5 Å². The first-order valence-electron chi connectivity index (χ1n) is 7.16. The molecule has 0 amide bonds. The van der Waals surface area contributed by atoms with Gasteiger partial charge in [0.05, 0.1) is 6.20 Å². The van der Waals surface area contributed by atoms with Crippen molar-refractivity contribution in [2.75, 3.05) is 19.0 Å². The van der Waals surface area contributed by atoms with Gasteiger partial charge in [-0.3, -0.25) is 4.68 Å². The number of rotatable bonds is 8. The van der Waals surface area contributed by atoms with Gasteiger partial charge in [-0.15, -0.1) is 11.6 Å². The van der Waals surface area contributed by atoms with Crippen LogP contribution in [0.4, 0.5) is 0 Å². The lowest BCUT2D eigenvalue weighted by atomic mass is 9.85. The predicted molar refractivity (Wildman–Crippen MR) is 79.3 cm³/mol. The topological polar surface area (TPSA) is 55.2 Å². The summed E-state index contributed by atoms with van der Waals surface area (Å²) in [5.74, 6) is 1.07. The zero-order valence-electron chi connectivity index (χ0n) is 11.8. The average Bonchev–Trinajstić information content (AvgIpc) is 2.84. The molecule has 1 aliphatic rings. The number of alkyl halides is 1. The molecule has 0 atom stereocenters. The van der Waals surface area contributed by atoms with Crippen molar-refractivity contribution in [3.8, 4) is 0 Å². The molecule has 1 fully saturated rings. The standard InChI is InChI=1S/C13H22ClN3O2S/c1-2-17(10-12-5-3-6-12)20(18,19)13-9-15-16(11-13)8-4-7-14/h9,11-12H,2-8,10H2,1H3. The Morgan fingerprint density at radius 1 is 1.50 bits per heavy atom. The van der Waals surface area contributed by atoms with Crippen LogP contribution in [-0.2, 0) is 16.6 Å². The first-order chi connectivity index (χ1) is 9.57. The summed E-state index contributed by atoms with van der Waals surface area (Å²) >= 11 is 5.63. The van der Waals surface area contributed by atoms with Crippen LogP contribution in [0.2, 0.25) is 0 Å². The Labute approximate surface area is 126 Å². The van der Waals surface area contributed by atoms with Crippen molar-refractivity contribution in [1.82, 2.24) is 14.1 Å². The van der Waals surface area contributed by atoms with Crippen LogP contribution in [0.25, 0.3) is 0 Å². The van der Waals surface area contributed by atoms with Gasteiger partial charge in [0.25, 0.3) is 0 Å². The van der Waals surface area contributed by atoms with E-state index in [0.29, 0.717) is 31.4 Å². The summed E-state index contributed by atoms with van der Waals surface area (Å²) < 4.78 is 28.4. The minimum atomic E-state index is -3.41. The lowest BCUT2D eigenvalue weighted by Crippen LogP contribution is -2.37. The normalized spacial score (nSPS) is 16.6. The number of nitrogens with zero attached hydrogens (tertiary/aromatic N) is 3. The Kier molecular flexibility index (Phi) is 5.46. The first-order valence-corrected chi connectivity index (χ1v) is 9.14. The fourth-order valence-corrected chi connectivity index (χ4v) is 3.93. The molecule has 1 aromatic rings. The highest BCUT2D eigenvalue weighted by atomic mass is 35.5. The van der Waals surface area contributed by atoms with E-state index in [1.54, 1.807) is 15.2 Å². The minimum Gasteiger partial charge on any atom is -0.271 e. The molecule has 0 aromatic carbocycles. The molecule has 0 bridgehead atoms. The van der Waals surface area contributed by atoms with Crippen LogP contribution in [0, 0.1) is 5.92 Å². The number of hydrogen-bond acceptors (Lipinski definition) is 3. The summed E-state index contributed by atoms with van der Waals surface area (Å²) in [6.07, 6.45) is 7.32. The van der Waals surface area contributed by atoms with E-state index >= 15 is 0 Å². The summed E-state index contributed by atoms with van der Waals surface area (Å²) in [4.78, 5) is 0.285. The molecule has 2 rings (SSSR count). The summed E-state index contributed by atoms with van der Waals surface area (Å²) in [6.45, 7) is 3.67. The van der Waals surface area contributed by atoms with E-state index in [1.807, 2.05) is 6.92 Å². The highest BCUT2D eigenvalue weighted by Crippen LogP contribution is 2.29. The van der Waals surface area contributed by atoms with Crippen LogP contribution in [0.5, 0.6) is 0 Å². The van der Waals surface area contributed by atoms with Crippen LogP contribution in [0.3, 0.4) is 0 Å². The first kappa shape index (κ1) is 15.8. The van der Waals surface area contributed by atoms with Gasteiger partial charge >= 0.3 is 0 Å². The van der Waals surface area contributed by atoms with Crippen LogP contribution in [0.15, 0.2) is 17.3 Å². The third-order valence-corrected chi connectivity index (χ3v) is 5.97.